The molecule has 0 aliphatic heterocycles. The summed E-state index contributed by atoms with van der Waals surface area (Å²) in [7, 11) is 1.55. The molecule has 2 rings (SSSR count). The summed E-state index contributed by atoms with van der Waals surface area (Å²) in [6.45, 7) is 2.21. The Hall–Kier alpha value is -2.24. The zero-order valence-electron chi connectivity index (χ0n) is 13.0. The Labute approximate surface area is 133 Å². The Morgan fingerprint density at radius 3 is 2.35 bits per heavy atom. The van der Waals surface area contributed by atoms with Crippen molar-refractivity contribution in [2.24, 2.45) is 0 Å². The van der Waals surface area contributed by atoms with Gasteiger partial charge in [0.15, 0.2) is 11.5 Å². The van der Waals surface area contributed by atoms with Gasteiger partial charge in [0.1, 0.15) is 12.3 Å². The number of benzene rings is 1. The first-order valence-electron chi connectivity index (χ1n) is 7.26. The van der Waals surface area contributed by atoms with Crippen LogP contribution < -0.4 is 9.47 Å². The molecule has 0 N–H and O–H groups in total. The lowest BCUT2D eigenvalue weighted by Crippen LogP contribution is -2.08. The third kappa shape index (κ3) is 4.61. The molecular weight excluding hydrogens is 307 g/mol. The number of hydrogen-bond donors (Lipinski definition) is 0. The van der Waals surface area contributed by atoms with Crippen LogP contribution >= 0.6 is 0 Å². The predicted octanol–water partition coefficient (Wildman–Crippen LogP) is 4.64. The SMILES string of the molecule is CCCc1ccc(OCc2ccc(C(F)(F)F)nc2)c(OC)c1. The molecule has 0 saturated carbocycles. The number of nitrogens with zero attached hydrogens (tertiary/aromatic N) is 1. The van der Waals surface area contributed by atoms with Gasteiger partial charge in [-0.1, -0.05) is 25.5 Å². The Kier molecular flexibility index (Phi) is 5.47. The smallest absolute Gasteiger partial charge is 0.433 e. The van der Waals surface area contributed by atoms with E-state index in [-0.39, 0.29) is 6.61 Å². The van der Waals surface area contributed by atoms with E-state index in [0.717, 1.165) is 24.5 Å². The van der Waals surface area contributed by atoms with Crippen molar-refractivity contribution in [3.63, 3.8) is 0 Å². The summed E-state index contributed by atoms with van der Waals surface area (Å²) in [5.41, 5.74) is 0.785. The molecule has 0 spiro atoms. The summed E-state index contributed by atoms with van der Waals surface area (Å²) in [5.74, 6) is 1.16. The van der Waals surface area contributed by atoms with Crippen LogP contribution in [0.2, 0.25) is 0 Å². The third-order valence-corrected chi connectivity index (χ3v) is 3.28. The summed E-state index contributed by atoms with van der Waals surface area (Å²) < 4.78 is 48.3. The third-order valence-electron chi connectivity index (χ3n) is 3.28. The molecule has 0 aliphatic rings. The molecule has 0 atom stereocenters. The Morgan fingerprint density at radius 2 is 1.78 bits per heavy atom. The van der Waals surface area contributed by atoms with E-state index in [1.165, 1.54) is 12.3 Å². The van der Waals surface area contributed by atoms with Gasteiger partial charge in [0, 0.05) is 11.8 Å². The molecule has 0 fully saturated rings. The van der Waals surface area contributed by atoms with Crippen LogP contribution in [-0.2, 0) is 19.2 Å². The van der Waals surface area contributed by atoms with Crippen molar-refractivity contribution in [2.75, 3.05) is 7.11 Å². The highest BCUT2D eigenvalue weighted by Gasteiger charge is 2.31. The molecule has 0 radical (unpaired) electrons. The molecule has 0 bridgehead atoms. The van der Waals surface area contributed by atoms with E-state index in [1.807, 2.05) is 12.1 Å². The molecule has 0 aliphatic carbocycles. The van der Waals surface area contributed by atoms with Gasteiger partial charge in [0.2, 0.25) is 0 Å². The van der Waals surface area contributed by atoms with Crippen LogP contribution in [0.3, 0.4) is 0 Å². The fraction of sp³-hybridized carbons (Fsp3) is 0.353. The molecule has 3 nitrogen and oxygen atoms in total. The average molecular weight is 325 g/mol. The number of aromatic nitrogens is 1. The van der Waals surface area contributed by atoms with Crippen molar-refractivity contribution in [3.05, 3.63) is 53.3 Å². The highest BCUT2D eigenvalue weighted by atomic mass is 19.4. The molecule has 0 unspecified atom stereocenters. The van der Waals surface area contributed by atoms with Gasteiger partial charge in [-0.15, -0.1) is 0 Å². The molecule has 6 heteroatoms. The fourth-order valence-corrected chi connectivity index (χ4v) is 2.11. The first-order chi connectivity index (χ1) is 10.9. The predicted molar refractivity (Wildman–Crippen MR) is 80.6 cm³/mol. The van der Waals surface area contributed by atoms with Crippen molar-refractivity contribution in [1.82, 2.24) is 4.98 Å². The summed E-state index contributed by atoms with van der Waals surface area (Å²) in [6.07, 6.45) is -1.29. The number of hydrogen-bond acceptors (Lipinski definition) is 3. The minimum atomic E-state index is -4.43. The van der Waals surface area contributed by atoms with Gasteiger partial charge < -0.3 is 9.47 Å². The van der Waals surface area contributed by atoms with Crippen LogP contribution in [0, 0.1) is 0 Å². The van der Waals surface area contributed by atoms with Crippen LogP contribution in [-0.4, -0.2) is 12.1 Å². The number of methoxy groups -OCH3 is 1. The van der Waals surface area contributed by atoms with Crippen molar-refractivity contribution in [3.8, 4) is 11.5 Å². The van der Waals surface area contributed by atoms with Gasteiger partial charge in [-0.05, 0) is 30.2 Å². The minimum absolute atomic E-state index is 0.120. The summed E-state index contributed by atoms with van der Waals surface area (Å²) in [4.78, 5) is 3.41. The number of aryl methyl sites for hydroxylation is 1. The first-order valence-corrected chi connectivity index (χ1v) is 7.26. The van der Waals surface area contributed by atoms with Crippen molar-refractivity contribution >= 4 is 0 Å². The highest BCUT2D eigenvalue weighted by molar-refractivity contribution is 5.43. The lowest BCUT2D eigenvalue weighted by Gasteiger charge is -2.12. The van der Waals surface area contributed by atoms with Gasteiger partial charge in [0.05, 0.1) is 7.11 Å². The lowest BCUT2D eigenvalue weighted by molar-refractivity contribution is -0.141. The summed E-state index contributed by atoms with van der Waals surface area (Å²) >= 11 is 0. The standard InChI is InChI=1S/C17H18F3NO2/c1-3-4-12-5-7-14(15(9-12)22-2)23-11-13-6-8-16(21-10-13)17(18,19)20/h5-10H,3-4,11H2,1-2H3. The Morgan fingerprint density at radius 1 is 1.04 bits per heavy atom. The number of rotatable bonds is 6. The van der Waals surface area contributed by atoms with Gasteiger partial charge in [0.25, 0.3) is 0 Å². The number of alkyl halides is 3. The van der Waals surface area contributed by atoms with E-state index in [4.69, 9.17) is 9.47 Å². The Bertz CT molecular complexity index is 639. The highest BCUT2D eigenvalue weighted by Crippen LogP contribution is 2.30. The Balaban J connectivity index is 2.05. The van der Waals surface area contributed by atoms with E-state index < -0.39 is 11.9 Å². The van der Waals surface area contributed by atoms with Crippen molar-refractivity contribution < 1.29 is 22.6 Å². The molecule has 0 saturated heterocycles. The zero-order valence-corrected chi connectivity index (χ0v) is 13.0. The van der Waals surface area contributed by atoms with Crippen LogP contribution in [0.1, 0.15) is 30.2 Å². The molecule has 23 heavy (non-hydrogen) atoms. The molecule has 0 amide bonds. The molecule has 1 aromatic carbocycles. The molecule has 2 aromatic rings. The monoisotopic (exact) mass is 325 g/mol. The van der Waals surface area contributed by atoms with Crippen molar-refractivity contribution in [2.45, 2.75) is 32.5 Å². The maximum Gasteiger partial charge on any atom is 0.433 e. The molecule has 124 valence electrons. The average Bonchev–Trinajstić information content (AvgIpc) is 2.53. The maximum absolute atomic E-state index is 12.5. The van der Waals surface area contributed by atoms with Gasteiger partial charge in [-0.2, -0.15) is 13.2 Å². The van der Waals surface area contributed by atoms with E-state index in [2.05, 4.69) is 11.9 Å². The quantitative estimate of drug-likeness (QED) is 0.775. The second-order valence-electron chi connectivity index (χ2n) is 5.07. The zero-order chi connectivity index (χ0) is 16.9. The maximum atomic E-state index is 12.5. The minimum Gasteiger partial charge on any atom is -0.493 e. The summed E-state index contributed by atoms with van der Waals surface area (Å²) in [6, 6.07) is 7.96. The molecular formula is C17H18F3NO2. The van der Waals surface area contributed by atoms with Crippen LogP contribution in [0.4, 0.5) is 13.2 Å². The van der Waals surface area contributed by atoms with E-state index in [0.29, 0.717) is 17.1 Å². The second kappa shape index (κ2) is 7.35. The van der Waals surface area contributed by atoms with E-state index in [9.17, 15) is 13.2 Å². The van der Waals surface area contributed by atoms with Crippen molar-refractivity contribution in [1.29, 1.82) is 0 Å². The fourth-order valence-electron chi connectivity index (χ4n) is 2.11. The van der Waals surface area contributed by atoms with Crippen LogP contribution in [0.15, 0.2) is 36.5 Å². The number of halogens is 3. The topological polar surface area (TPSA) is 31.4 Å². The van der Waals surface area contributed by atoms with Crippen LogP contribution in [0.5, 0.6) is 11.5 Å². The molecule has 1 heterocycles. The number of pyridine rings is 1. The number of ether oxygens (including phenoxy) is 2. The largest absolute Gasteiger partial charge is 0.493 e. The van der Waals surface area contributed by atoms with Gasteiger partial charge in [-0.25, -0.2) is 0 Å². The first kappa shape index (κ1) is 17.1. The van der Waals surface area contributed by atoms with Crippen LogP contribution in [0.25, 0.3) is 0 Å². The van der Waals surface area contributed by atoms with Gasteiger partial charge in [-0.3, -0.25) is 4.98 Å². The summed E-state index contributed by atoms with van der Waals surface area (Å²) in [5, 5.41) is 0. The van der Waals surface area contributed by atoms with E-state index in [1.54, 1.807) is 13.2 Å². The normalized spacial score (nSPS) is 11.3. The lowest BCUT2D eigenvalue weighted by atomic mass is 10.1. The van der Waals surface area contributed by atoms with Gasteiger partial charge >= 0.3 is 6.18 Å². The second-order valence-corrected chi connectivity index (χ2v) is 5.07. The van der Waals surface area contributed by atoms with E-state index >= 15 is 0 Å². The molecule has 1 aromatic heterocycles.